The first-order valence-electron chi connectivity index (χ1n) is 8.03. The molecule has 24 heavy (non-hydrogen) atoms. The first-order valence-corrected chi connectivity index (χ1v) is 9.18. The number of hydrogen-bond acceptors (Lipinski definition) is 3. The van der Waals surface area contributed by atoms with Crippen molar-refractivity contribution in [2.75, 3.05) is 5.75 Å². The predicted octanol–water partition coefficient (Wildman–Crippen LogP) is 4.85. The lowest BCUT2D eigenvalue weighted by atomic mass is 10.2. The first-order chi connectivity index (χ1) is 11.6. The number of thioether (sulfide) groups is 1. The molecule has 0 fully saturated rings. The number of furan rings is 1. The maximum Gasteiger partial charge on any atom is 0.230 e. The van der Waals surface area contributed by atoms with E-state index in [1.165, 1.54) is 11.1 Å². The topological polar surface area (TPSA) is 42.2 Å². The van der Waals surface area contributed by atoms with Gasteiger partial charge in [-0.25, -0.2) is 0 Å². The van der Waals surface area contributed by atoms with Crippen LogP contribution in [0.4, 0.5) is 0 Å². The molecule has 0 aliphatic carbocycles. The molecule has 1 heterocycles. The lowest BCUT2D eigenvalue weighted by Crippen LogP contribution is -2.27. The molecule has 4 heteroatoms. The highest BCUT2D eigenvalue weighted by atomic mass is 32.2. The number of rotatable bonds is 6. The number of hydrogen-bond donors (Lipinski definition) is 1. The van der Waals surface area contributed by atoms with Gasteiger partial charge in [-0.15, -0.1) is 11.8 Å². The summed E-state index contributed by atoms with van der Waals surface area (Å²) in [6.45, 7) is 4.02. The van der Waals surface area contributed by atoms with Gasteiger partial charge in [-0.2, -0.15) is 0 Å². The highest BCUT2D eigenvalue weighted by Gasteiger charge is 2.14. The second-order valence-corrected chi connectivity index (χ2v) is 6.94. The number of nitrogens with one attached hydrogen (secondary N) is 1. The number of fused-ring (bicyclic) bond motifs is 1. The Morgan fingerprint density at radius 2 is 2.00 bits per heavy atom. The van der Waals surface area contributed by atoms with Gasteiger partial charge < -0.3 is 9.73 Å². The Balaban J connectivity index is 1.50. The molecule has 3 nitrogen and oxygen atoms in total. The summed E-state index contributed by atoms with van der Waals surface area (Å²) in [7, 11) is 0. The summed E-state index contributed by atoms with van der Waals surface area (Å²) >= 11 is 1.62. The minimum Gasteiger partial charge on any atom is -0.459 e. The van der Waals surface area contributed by atoms with E-state index in [-0.39, 0.29) is 11.9 Å². The summed E-state index contributed by atoms with van der Waals surface area (Å²) < 4.78 is 5.80. The molecule has 0 spiro atoms. The quantitative estimate of drug-likeness (QED) is 0.698. The van der Waals surface area contributed by atoms with Crippen LogP contribution in [0.3, 0.4) is 0 Å². The van der Waals surface area contributed by atoms with Crippen LogP contribution < -0.4 is 5.32 Å². The molecule has 0 aliphatic heterocycles. The van der Waals surface area contributed by atoms with E-state index in [2.05, 4.69) is 36.5 Å². The van der Waals surface area contributed by atoms with E-state index in [4.69, 9.17) is 4.42 Å². The molecule has 3 rings (SSSR count). The Morgan fingerprint density at radius 3 is 2.79 bits per heavy atom. The summed E-state index contributed by atoms with van der Waals surface area (Å²) in [4.78, 5) is 12.1. The van der Waals surface area contributed by atoms with Crippen molar-refractivity contribution in [1.29, 1.82) is 0 Å². The number of amides is 1. The van der Waals surface area contributed by atoms with Gasteiger partial charge >= 0.3 is 0 Å². The van der Waals surface area contributed by atoms with Crippen molar-refractivity contribution < 1.29 is 9.21 Å². The van der Waals surface area contributed by atoms with Gasteiger partial charge in [0.25, 0.3) is 0 Å². The van der Waals surface area contributed by atoms with Crippen molar-refractivity contribution in [3.05, 3.63) is 71.5 Å². The van der Waals surface area contributed by atoms with Crippen molar-refractivity contribution in [1.82, 2.24) is 5.32 Å². The number of benzene rings is 2. The van der Waals surface area contributed by atoms with Crippen LogP contribution in [0.25, 0.3) is 11.0 Å². The first kappa shape index (κ1) is 16.7. The van der Waals surface area contributed by atoms with E-state index in [1.807, 2.05) is 37.3 Å². The summed E-state index contributed by atoms with van der Waals surface area (Å²) in [5.74, 6) is 2.10. The third-order valence-corrected chi connectivity index (χ3v) is 4.84. The Bertz CT molecular complexity index is 807. The molecule has 1 N–H and O–H groups in total. The van der Waals surface area contributed by atoms with Gasteiger partial charge in [0.15, 0.2) is 0 Å². The fourth-order valence-electron chi connectivity index (χ4n) is 2.63. The SMILES string of the molecule is Cc1cccc(CSCC(=O)NC(C)c2cc3ccccc3o2)c1. The maximum absolute atomic E-state index is 12.1. The van der Waals surface area contributed by atoms with Crippen LogP contribution in [0.15, 0.2) is 59.0 Å². The molecule has 1 unspecified atom stereocenters. The van der Waals surface area contributed by atoms with Crippen LogP contribution in [0.2, 0.25) is 0 Å². The van der Waals surface area contributed by atoms with E-state index in [1.54, 1.807) is 11.8 Å². The van der Waals surface area contributed by atoms with Crippen LogP contribution in [-0.2, 0) is 10.5 Å². The molecule has 0 aliphatic rings. The van der Waals surface area contributed by atoms with E-state index in [0.29, 0.717) is 5.75 Å². The predicted molar refractivity (Wildman–Crippen MR) is 100 cm³/mol. The van der Waals surface area contributed by atoms with Crippen molar-refractivity contribution >= 4 is 28.6 Å². The lowest BCUT2D eigenvalue weighted by Gasteiger charge is -2.11. The number of para-hydroxylation sites is 1. The van der Waals surface area contributed by atoms with Crippen LogP contribution >= 0.6 is 11.8 Å². The molecule has 1 atom stereocenters. The molecule has 0 bridgehead atoms. The Hall–Kier alpha value is -2.20. The molecular formula is C20H21NO2S. The van der Waals surface area contributed by atoms with Crippen LogP contribution in [0.5, 0.6) is 0 Å². The molecular weight excluding hydrogens is 318 g/mol. The van der Waals surface area contributed by atoms with Gasteiger partial charge in [-0.3, -0.25) is 4.79 Å². The smallest absolute Gasteiger partial charge is 0.230 e. The zero-order valence-corrected chi connectivity index (χ0v) is 14.7. The van der Waals surface area contributed by atoms with E-state index < -0.39 is 0 Å². The van der Waals surface area contributed by atoms with E-state index in [0.717, 1.165) is 22.5 Å². The molecule has 1 amide bonds. The monoisotopic (exact) mass is 339 g/mol. The molecule has 0 radical (unpaired) electrons. The molecule has 1 aromatic heterocycles. The highest BCUT2D eigenvalue weighted by Crippen LogP contribution is 2.23. The van der Waals surface area contributed by atoms with Crippen molar-refractivity contribution in [2.24, 2.45) is 0 Å². The minimum atomic E-state index is -0.135. The second kappa shape index (κ2) is 7.58. The normalized spacial score (nSPS) is 12.2. The zero-order valence-electron chi connectivity index (χ0n) is 13.9. The van der Waals surface area contributed by atoms with Gasteiger partial charge in [-0.1, -0.05) is 48.0 Å². The highest BCUT2D eigenvalue weighted by molar-refractivity contribution is 7.99. The molecule has 2 aromatic carbocycles. The van der Waals surface area contributed by atoms with Crippen molar-refractivity contribution in [2.45, 2.75) is 25.6 Å². The Kier molecular flexibility index (Phi) is 5.26. The average molecular weight is 339 g/mol. The summed E-state index contributed by atoms with van der Waals surface area (Å²) in [6, 6.07) is 18.1. The summed E-state index contributed by atoms with van der Waals surface area (Å²) in [6.07, 6.45) is 0. The Labute approximate surface area is 146 Å². The fraction of sp³-hybridized carbons (Fsp3) is 0.250. The van der Waals surface area contributed by atoms with Crippen LogP contribution in [0.1, 0.15) is 29.9 Å². The zero-order chi connectivity index (χ0) is 16.9. The molecule has 0 saturated carbocycles. The maximum atomic E-state index is 12.1. The molecule has 0 saturated heterocycles. The van der Waals surface area contributed by atoms with Crippen LogP contribution in [0, 0.1) is 6.92 Å². The van der Waals surface area contributed by atoms with Gasteiger partial charge in [0.2, 0.25) is 5.91 Å². The van der Waals surface area contributed by atoms with Gasteiger partial charge in [0.1, 0.15) is 11.3 Å². The van der Waals surface area contributed by atoms with E-state index in [9.17, 15) is 4.79 Å². The molecule has 3 aromatic rings. The summed E-state index contributed by atoms with van der Waals surface area (Å²) in [5, 5.41) is 4.06. The van der Waals surface area contributed by atoms with Crippen molar-refractivity contribution in [3.63, 3.8) is 0 Å². The number of carbonyl (C=O) groups is 1. The molecule has 124 valence electrons. The van der Waals surface area contributed by atoms with E-state index >= 15 is 0 Å². The fourth-order valence-corrected chi connectivity index (χ4v) is 3.42. The lowest BCUT2D eigenvalue weighted by molar-refractivity contribution is -0.119. The summed E-state index contributed by atoms with van der Waals surface area (Å²) in [5.41, 5.74) is 3.34. The van der Waals surface area contributed by atoms with Crippen molar-refractivity contribution in [3.8, 4) is 0 Å². The van der Waals surface area contributed by atoms with Gasteiger partial charge in [-0.05, 0) is 31.5 Å². The third kappa shape index (κ3) is 4.20. The van der Waals surface area contributed by atoms with Crippen LogP contribution in [-0.4, -0.2) is 11.7 Å². The average Bonchev–Trinajstić information content (AvgIpc) is 2.99. The van der Waals surface area contributed by atoms with Gasteiger partial charge in [0.05, 0.1) is 11.8 Å². The third-order valence-electron chi connectivity index (χ3n) is 3.83. The number of aryl methyl sites for hydroxylation is 1. The Morgan fingerprint density at radius 1 is 1.17 bits per heavy atom. The second-order valence-electron chi connectivity index (χ2n) is 5.96. The minimum absolute atomic E-state index is 0.0283. The standard InChI is InChI=1S/C20H21NO2S/c1-14-6-5-7-16(10-14)12-24-13-20(22)21-15(2)19-11-17-8-3-4-9-18(17)23-19/h3-11,15H,12-13H2,1-2H3,(H,21,22). The van der Waals surface area contributed by atoms with Gasteiger partial charge in [0, 0.05) is 11.1 Å². The number of carbonyl (C=O) groups excluding carboxylic acids is 1. The largest absolute Gasteiger partial charge is 0.459 e.